The molecule has 0 aliphatic heterocycles. The molecule has 0 spiro atoms. The monoisotopic (exact) mass is 651 g/mol. The van der Waals surface area contributed by atoms with Gasteiger partial charge in [0.05, 0.1) is 33.2 Å². The van der Waals surface area contributed by atoms with E-state index in [-0.39, 0.29) is 0 Å². The lowest BCUT2D eigenvalue weighted by Gasteiger charge is -2.14. The Labute approximate surface area is 286 Å². The first kappa shape index (κ1) is 30.3. The maximum atomic E-state index is 6.89. The minimum Gasteiger partial charge on any atom is -0.367 e. The predicted molar refractivity (Wildman–Crippen MR) is 197 cm³/mol. The van der Waals surface area contributed by atoms with Gasteiger partial charge in [0.1, 0.15) is 11.5 Å². The second-order valence-corrected chi connectivity index (χ2v) is 13.2. The Hall–Kier alpha value is -5.01. The summed E-state index contributed by atoms with van der Waals surface area (Å²) in [7, 11) is 0. The predicted octanol–water partition coefficient (Wildman–Crippen LogP) is 9.99. The topological polar surface area (TPSA) is 79.5 Å². The van der Waals surface area contributed by atoms with Crippen molar-refractivity contribution in [1.82, 2.24) is 19.6 Å². The van der Waals surface area contributed by atoms with Gasteiger partial charge in [-0.15, -0.1) is 0 Å². The van der Waals surface area contributed by atoms with Gasteiger partial charge in [-0.05, 0) is 56.0 Å². The Balaban J connectivity index is 1.28. The maximum absolute atomic E-state index is 6.89. The highest BCUT2D eigenvalue weighted by Gasteiger charge is 2.23. The van der Waals surface area contributed by atoms with Gasteiger partial charge in [0.25, 0.3) is 0 Å². The minimum atomic E-state index is 0.408. The number of fused-ring (bicyclic) bond motifs is 1. The van der Waals surface area contributed by atoms with Crippen LogP contribution in [0.1, 0.15) is 62.5 Å². The van der Waals surface area contributed by atoms with E-state index >= 15 is 0 Å². The van der Waals surface area contributed by atoms with Crippen LogP contribution in [-0.2, 0) is 0 Å². The second kappa shape index (κ2) is 13.6. The number of rotatable bonds is 9. The van der Waals surface area contributed by atoms with E-state index in [9.17, 15) is 0 Å². The van der Waals surface area contributed by atoms with E-state index in [1.54, 1.807) is 0 Å². The van der Waals surface area contributed by atoms with Crippen LogP contribution in [0.2, 0.25) is 5.02 Å². The average Bonchev–Trinajstić information content (AvgIpc) is 3.92. The van der Waals surface area contributed by atoms with E-state index in [2.05, 4.69) is 58.1 Å². The summed E-state index contributed by atoms with van der Waals surface area (Å²) in [5, 5.41) is 13.2. The van der Waals surface area contributed by atoms with Crippen LogP contribution in [-0.4, -0.2) is 37.4 Å². The molecule has 0 radical (unpaired) electrons. The summed E-state index contributed by atoms with van der Waals surface area (Å²) in [5.41, 5.74) is 8.04. The van der Waals surface area contributed by atoms with Crippen molar-refractivity contribution in [2.75, 3.05) is 10.6 Å². The molecule has 0 saturated heterocycles. The van der Waals surface area contributed by atoms with E-state index in [1.165, 1.54) is 38.5 Å². The van der Waals surface area contributed by atoms with E-state index < -0.39 is 0 Å². The molecule has 2 saturated carbocycles. The third-order valence-corrected chi connectivity index (χ3v) is 9.83. The second-order valence-electron chi connectivity index (χ2n) is 12.8. The van der Waals surface area contributed by atoms with E-state index in [4.69, 9.17) is 26.7 Å². The van der Waals surface area contributed by atoms with Crippen LogP contribution >= 0.6 is 11.6 Å². The Bertz CT molecular complexity index is 2020. The van der Waals surface area contributed by atoms with E-state index in [0.29, 0.717) is 28.7 Å². The fraction of sp³-hybridized carbons (Fsp3) is 0.250. The van der Waals surface area contributed by atoms with Crippen molar-refractivity contribution in [3.05, 3.63) is 125 Å². The molecule has 0 amide bonds. The first-order chi connectivity index (χ1) is 23.7. The molecule has 240 valence electrons. The molecule has 8 heteroatoms. The van der Waals surface area contributed by atoms with Crippen LogP contribution in [0.4, 0.5) is 17.5 Å². The Kier molecular flexibility index (Phi) is 8.60. The average molecular weight is 652 g/mol. The third-order valence-electron chi connectivity index (χ3n) is 9.51. The van der Waals surface area contributed by atoms with Crippen LogP contribution in [0.25, 0.3) is 28.0 Å². The van der Waals surface area contributed by atoms with Crippen LogP contribution < -0.4 is 10.6 Å². The van der Waals surface area contributed by atoms with Gasteiger partial charge >= 0.3 is 0 Å². The summed E-state index contributed by atoms with van der Waals surface area (Å²) in [4.78, 5) is 14.9. The Morgan fingerprint density at radius 3 is 2.08 bits per heavy atom. The SMILES string of the molecule is Clc1ccc(-c2nn3c(NC4CCCC4)cccc3c2-c2ccnc(NC3CCCC3)n2)cc1N=C(c1ccccc1)c1ccccc1. The van der Waals surface area contributed by atoms with Gasteiger partial charge in [0, 0.05) is 35.0 Å². The number of hydrogen-bond donors (Lipinski definition) is 2. The third kappa shape index (κ3) is 6.30. The number of benzene rings is 3. The van der Waals surface area contributed by atoms with Crippen molar-refractivity contribution < 1.29 is 0 Å². The van der Waals surface area contributed by atoms with Gasteiger partial charge in [0.15, 0.2) is 0 Å². The molecule has 0 atom stereocenters. The minimum absolute atomic E-state index is 0.408. The van der Waals surface area contributed by atoms with Crippen molar-refractivity contribution in [2.45, 2.75) is 63.5 Å². The maximum Gasteiger partial charge on any atom is 0.223 e. The van der Waals surface area contributed by atoms with Gasteiger partial charge < -0.3 is 10.6 Å². The first-order valence-electron chi connectivity index (χ1n) is 17.1. The van der Waals surface area contributed by atoms with Crippen LogP contribution in [0.5, 0.6) is 0 Å². The molecular formula is C40H38ClN7. The molecule has 0 bridgehead atoms. The molecule has 6 aromatic rings. The normalized spacial score (nSPS) is 15.2. The molecule has 3 heterocycles. The van der Waals surface area contributed by atoms with Crippen LogP contribution in [0.3, 0.4) is 0 Å². The zero-order valence-corrected chi connectivity index (χ0v) is 27.6. The molecule has 3 aromatic heterocycles. The highest BCUT2D eigenvalue weighted by atomic mass is 35.5. The quantitative estimate of drug-likeness (QED) is 0.152. The number of pyridine rings is 1. The highest BCUT2D eigenvalue weighted by Crippen LogP contribution is 2.39. The van der Waals surface area contributed by atoms with Crippen molar-refractivity contribution in [3.8, 4) is 22.5 Å². The molecule has 2 fully saturated rings. The largest absolute Gasteiger partial charge is 0.367 e. The van der Waals surface area contributed by atoms with E-state index in [0.717, 1.165) is 63.5 Å². The van der Waals surface area contributed by atoms with Crippen molar-refractivity contribution in [3.63, 3.8) is 0 Å². The first-order valence-corrected chi connectivity index (χ1v) is 17.4. The number of hydrogen-bond acceptors (Lipinski definition) is 6. The number of nitrogens with zero attached hydrogens (tertiary/aromatic N) is 5. The fourth-order valence-electron chi connectivity index (χ4n) is 7.09. The van der Waals surface area contributed by atoms with Crippen LogP contribution in [0, 0.1) is 0 Å². The lowest BCUT2D eigenvalue weighted by atomic mass is 10.0. The molecule has 48 heavy (non-hydrogen) atoms. The number of anilines is 2. The molecule has 2 N–H and O–H groups in total. The molecule has 0 unspecified atom stereocenters. The van der Waals surface area contributed by atoms with Crippen molar-refractivity contribution in [2.24, 2.45) is 4.99 Å². The lowest BCUT2D eigenvalue weighted by Crippen LogP contribution is -2.17. The molecule has 3 aromatic carbocycles. The van der Waals surface area contributed by atoms with Crippen molar-refractivity contribution >= 4 is 40.3 Å². The smallest absolute Gasteiger partial charge is 0.223 e. The summed E-state index contributed by atoms with van der Waals surface area (Å²) < 4.78 is 2.03. The van der Waals surface area contributed by atoms with Gasteiger partial charge in [0.2, 0.25) is 5.95 Å². The fourth-order valence-corrected chi connectivity index (χ4v) is 7.25. The summed E-state index contributed by atoms with van der Waals surface area (Å²) in [6.07, 6.45) is 11.5. The van der Waals surface area contributed by atoms with Gasteiger partial charge in [-0.3, -0.25) is 0 Å². The number of halogens is 1. The summed E-state index contributed by atoms with van der Waals surface area (Å²) >= 11 is 6.89. The van der Waals surface area contributed by atoms with Gasteiger partial charge in [-0.25, -0.2) is 19.5 Å². The molecule has 2 aliphatic rings. The van der Waals surface area contributed by atoms with Gasteiger partial charge in [-0.1, -0.05) is 110 Å². The Morgan fingerprint density at radius 1 is 0.729 bits per heavy atom. The zero-order chi connectivity index (χ0) is 32.3. The highest BCUT2D eigenvalue weighted by molar-refractivity contribution is 6.33. The summed E-state index contributed by atoms with van der Waals surface area (Å²) in [5.74, 6) is 1.63. The van der Waals surface area contributed by atoms with Crippen LogP contribution in [0.15, 0.2) is 114 Å². The van der Waals surface area contributed by atoms with E-state index in [1.807, 2.05) is 71.4 Å². The van der Waals surface area contributed by atoms with Crippen molar-refractivity contribution in [1.29, 1.82) is 0 Å². The van der Waals surface area contributed by atoms with Gasteiger partial charge in [-0.2, -0.15) is 5.10 Å². The number of aliphatic imine (C=N–C) groups is 1. The summed E-state index contributed by atoms with van der Waals surface area (Å²) in [6, 6.07) is 35.6. The standard InChI is InChI=1S/C40H38ClN7/c41-32-23-22-29(26-34(32)45-38(27-12-3-1-4-13-27)28-14-5-2-6-15-28)39-37(33-24-25-42-40(46-33)44-31-18-9-10-19-31)35-20-11-21-36(48(35)47-39)43-30-16-7-8-17-30/h1-6,11-15,20-26,30-31,43H,7-10,16-19H2,(H,42,44,46). The zero-order valence-electron chi connectivity index (χ0n) is 26.8. The molecule has 8 rings (SSSR count). The summed E-state index contributed by atoms with van der Waals surface area (Å²) in [6.45, 7) is 0. The number of nitrogens with one attached hydrogen (secondary N) is 2. The molecule has 2 aliphatic carbocycles. The molecular weight excluding hydrogens is 614 g/mol. The number of aromatic nitrogens is 4. The lowest BCUT2D eigenvalue weighted by molar-refractivity contribution is 0.742. The Morgan fingerprint density at radius 2 is 1.40 bits per heavy atom. The molecule has 7 nitrogen and oxygen atoms in total.